The molecule has 2 saturated heterocycles. The standard InChI is InChI=1S/C14H21N5/c15-8-13-9-16-19(10-13)14-11-18(12-14)7-6-17-4-2-1-3-5-17/h9-10,14H,1-7,11-12H2. The summed E-state index contributed by atoms with van der Waals surface area (Å²) < 4.78 is 1.94. The van der Waals surface area contributed by atoms with E-state index in [4.69, 9.17) is 5.26 Å². The molecule has 2 aliphatic heterocycles. The van der Waals surface area contributed by atoms with Gasteiger partial charge in [-0.25, -0.2) is 0 Å². The molecular formula is C14H21N5. The van der Waals surface area contributed by atoms with Gasteiger partial charge in [-0.05, 0) is 25.9 Å². The van der Waals surface area contributed by atoms with E-state index < -0.39 is 0 Å². The molecule has 5 nitrogen and oxygen atoms in total. The van der Waals surface area contributed by atoms with Gasteiger partial charge >= 0.3 is 0 Å². The number of hydrogen-bond acceptors (Lipinski definition) is 4. The largest absolute Gasteiger partial charge is 0.302 e. The van der Waals surface area contributed by atoms with Crippen LogP contribution >= 0.6 is 0 Å². The second-order valence-corrected chi connectivity index (χ2v) is 5.64. The van der Waals surface area contributed by atoms with Crippen molar-refractivity contribution < 1.29 is 0 Å². The first-order chi connectivity index (χ1) is 9.35. The average Bonchev–Trinajstić information content (AvgIpc) is 2.87. The lowest BCUT2D eigenvalue weighted by atomic mass is 10.1. The first kappa shape index (κ1) is 12.6. The van der Waals surface area contributed by atoms with Crippen molar-refractivity contribution in [3.05, 3.63) is 18.0 Å². The SMILES string of the molecule is N#Cc1cnn(C2CN(CCN3CCCCC3)C2)c1. The molecule has 0 amide bonds. The maximum absolute atomic E-state index is 8.78. The highest BCUT2D eigenvalue weighted by Crippen LogP contribution is 2.20. The molecule has 2 fully saturated rings. The molecule has 1 aromatic heterocycles. The van der Waals surface area contributed by atoms with Crippen LogP contribution < -0.4 is 0 Å². The molecule has 0 unspecified atom stereocenters. The van der Waals surface area contributed by atoms with Gasteiger partial charge in [-0.1, -0.05) is 6.42 Å². The Morgan fingerprint density at radius 2 is 1.89 bits per heavy atom. The second kappa shape index (κ2) is 5.72. The Hall–Kier alpha value is -1.38. The number of nitriles is 1. The summed E-state index contributed by atoms with van der Waals surface area (Å²) in [5, 5.41) is 13.0. The lowest BCUT2D eigenvalue weighted by molar-refractivity contribution is 0.0805. The average molecular weight is 259 g/mol. The Labute approximate surface area is 114 Å². The van der Waals surface area contributed by atoms with Crippen LogP contribution in [0, 0.1) is 11.3 Å². The van der Waals surface area contributed by atoms with Crippen LogP contribution in [0.25, 0.3) is 0 Å². The van der Waals surface area contributed by atoms with Gasteiger partial charge in [0.1, 0.15) is 6.07 Å². The first-order valence-corrected chi connectivity index (χ1v) is 7.24. The minimum Gasteiger partial charge on any atom is -0.302 e. The number of hydrogen-bond donors (Lipinski definition) is 0. The second-order valence-electron chi connectivity index (χ2n) is 5.64. The molecule has 5 heteroatoms. The molecule has 0 bridgehead atoms. The van der Waals surface area contributed by atoms with Gasteiger partial charge in [-0.2, -0.15) is 10.4 Å². The van der Waals surface area contributed by atoms with Gasteiger partial charge in [0, 0.05) is 32.4 Å². The van der Waals surface area contributed by atoms with Crippen LogP contribution in [0.1, 0.15) is 30.9 Å². The summed E-state index contributed by atoms with van der Waals surface area (Å²) in [4.78, 5) is 5.06. The van der Waals surface area contributed by atoms with Gasteiger partial charge in [0.05, 0.1) is 17.8 Å². The third-order valence-corrected chi connectivity index (χ3v) is 4.22. The van der Waals surface area contributed by atoms with E-state index in [9.17, 15) is 0 Å². The van der Waals surface area contributed by atoms with E-state index in [1.54, 1.807) is 6.20 Å². The first-order valence-electron chi connectivity index (χ1n) is 7.24. The maximum Gasteiger partial charge on any atom is 0.102 e. The Morgan fingerprint density at radius 3 is 2.58 bits per heavy atom. The van der Waals surface area contributed by atoms with Gasteiger partial charge in [0.25, 0.3) is 0 Å². The zero-order chi connectivity index (χ0) is 13.1. The highest BCUT2D eigenvalue weighted by molar-refractivity contribution is 5.22. The molecule has 102 valence electrons. The third kappa shape index (κ3) is 2.96. The Morgan fingerprint density at radius 1 is 1.16 bits per heavy atom. The molecule has 1 aromatic rings. The number of rotatable bonds is 4. The molecule has 0 aliphatic carbocycles. The van der Waals surface area contributed by atoms with E-state index in [0.717, 1.165) is 13.1 Å². The normalized spacial score (nSPS) is 22.1. The van der Waals surface area contributed by atoms with Crippen molar-refractivity contribution in [1.82, 2.24) is 19.6 Å². The van der Waals surface area contributed by atoms with Crippen molar-refractivity contribution in [3.8, 4) is 6.07 Å². The van der Waals surface area contributed by atoms with E-state index >= 15 is 0 Å². The molecule has 3 heterocycles. The zero-order valence-electron chi connectivity index (χ0n) is 11.3. The van der Waals surface area contributed by atoms with Gasteiger partial charge in [-0.3, -0.25) is 9.58 Å². The van der Waals surface area contributed by atoms with Crippen molar-refractivity contribution in [1.29, 1.82) is 5.26 Å². The fourth-order valence-electron chi connectivity index (χ4n) is 2.95. The van der Waals surface area contributed by atoms with E-state index in [0.29, 0.717) is 11.6 Å². The molecule has 0 spiro atoms. The number of likely N-dealkylation sites (tertiary alicyclic amines) is 2. The van der Waals surface area contributed by atoms with Crippen LogP contribution in [0.2, 0.25) is 0 Å². The van der Waals surface area contributed by atoms with E-state index in [2.05, 4.69) is 21.0 Å². The Bertz CT molecular complexity index is 449. The monoisotopic (exact) mass is 259 g/mol. The van der Waals surface area contributed by atoms with Crippen LogP contribution in [0.4, 0.5) is 0 Å². The van der Waals surface area contributed by atoms with Crippen molar-refractivity contribution in [3.63, 3.8) is 0 Å². The van der Waals surface area contributed by atoms with Gasteiger partial charge < -0.3 is 4.90 Å². The Kier molecular flexibility index (Phi) is 3.81. The molecule has 0 aromatic carbocycles. The van der Waals surface area contributed by atoms with E-state index in [1.807, 2.05) is 10.9 Å². The minimum atomic E-state index is 0.462. The molecule has 0 N–H and O–H groups in total. The van der Waals surface area contributed by atoms with E-state index in [-0.39, 0.29) is 0 Å². The van der Waals surface area contributed by atoms with Crippen molar-refractivity contribution in [2.75, 3.05) is 39.3 Å². The molecular weight excluding hydrogens is 238 g/mol. The highest BCUT2D eigenvalue weighted by atomic mass is 15.4. The van der Waals surface area contributed by atoms with Crippen molar-refractivity contribution in [2.45, 2.75) is 25.3 Å². The highest BCUT2D eigenvalue weighted by Gasteiger charge is 2.28. The quantitative estimate of drug-likeness (QED) is 0.812. The van der Waals surface area contributed by atoms with Crippen LogP contribution in [-0.2, 0) is 0 Å². The maximum atomic E-state index is 8.78. The molecule has 0 saturated carbocycles. The summed E-state index contributed by atoms with van der Waals surface area (Å²) in [6.45, 7) is 7.07. The van der Waals surface area contributed by atoms with Gasteiger partial charge in [0.2, 0.25) is 0 Å². The lowest BCUT2D eigenvalue weighted by Crippen LogP contribution is -2.50. The summed E-state index contributed by atoms with van der Waals surface area (Å²) in [7, 11) is 0. The summed E-state index contributed by atoms with van der Waals surface area (Å²) in [5.41, 5.74) is 0.659. The van der Waals surface area contributed by atoms with Gasteiger partial charge in [-0.15, -0.1) is 0 Å². The van der Waals surface area contributed by atoms with E-state index in [1.165, 1.54) is 45.4 Å². The number of piperidine rings is 1. The summed E-state index contributed by atoms with van der Waals surface area (Å²) in [6.07, 6.45) is 7.64. The molecule has 3 rings (SSSR count). The zero-order valence-corrected chi connectivity index (χ0v) is 11.3. The summed E-state index contributed by atoms with van der Waals surface area (Å²) in [6, 6.07) is 2.59. The fourth-order valence-corrected chi connectivity index (χ4v) is 2.95. The fraction of sp³-hybridized carbons (Fsp3) is 0.714. The number of nitrogens with zero attached hydrogens (tertiary/aromatic N) is 5. The molecule has 2 aliphatic rings. The van der Waals surface area contributed by atoms with Crippen LogP contribution in [0.3, 0.4) is 0 Å². The summed E-state index contributed by atoms with van der Waals surface area (Å²) >= 11 is 0. The third-order valence-electron chi connectivity index (χ3n) is 4.22. The predicted octanol–water partition coefficient (Wildman–Crippen LogP) is 1.10. The Balaban J connectivity index is 1.39. The van der Waals surface area contributed by atoms with Crippen molar-refractivity contribution in [2.24, 2.45) is 0 Å². The van der Waals surface area contributed by atoms with Crippen LogP contribution in [0.5, 0.6) is 0 Å². The van der Waals surface area contributed by atoms with Crippen LogP contribution in [0.15, 0.2) is 12.4 Å². The molecule has 0 radical (unpaired) electrons. The van der Waals surface area contributed by atoms with Gasteiger partial charge in [0.15, 0.2) is 0 Å². The number of aromatic nitrogens is 2. The molecule has 0 atom stereocenters. The van der Waals surface area contributed by atoms with Crippen molar-refractivity contribution >= 4 is 0 Å². The topological polar surface area (TPSA) is 48.1 Å². The van der Waals surface area contributed by atoms with Crippen LogP contribution in [-0.4, -0.2) is 58.8 Å². The molecule has 19 heavy (non-hydrogen) atoms. The predicted molar refractivity (Wildman–Crippen MR) is 72.7 cm³/mol. The lowest BCUT2D eigenvalue weighted by Gasteiger charge is -2.40. The smallest absolute Gasteiger partial charge is 0.102 e. The minimum absolute atomic E-state index is 0.462. The summed E-state index contributed by atoms with van der Waals surface area (Å²) in [5.74, 6) is 0.